The van der Waals surface area contributed by atoms with Gasteiger partial charge in [-0.05, 0) is 25.5 Å². The van der Waals surface area contributed by atoms with Crippen molar-refractivity contribution < 1.29 is 0 Å². The molecule has 1 unspecified atom stereocenters. The second-order valence-corrected chi connectivity index (χ2v) is 6.56. The summed E-state index contributed by atoms with van der Waals surface area (Å²) in [6, 6.07) is 17.2. The van der Waals surface area contributed by atoms with E-state index in [0.29, 0.717) is 0 Å². The first-order valence-corrected chi connectivity index (χ1v) is 8.34. The SMILES string of the molecule is Cc1ccc(C2CNCc3nc(-c4cccc(C)c4)c(N)n32)cc1. The smallest absolute Gasteiger partial charge is 0.132 e. The van der Waals surface area contributed by atoms with Gasteiger partial charge in [0.25, 0.3) is 0 Å². The zero-order valence-electron chi connectivity index (χ0n) is 14.1. The summed E-state index contributed by atoms with van der Waals surface area (Å²) in [5.74, 6) is 1.75. The zero-order chi connectivity index (χ0) is 16.7. The van der Waals surface area contributed by atoms with Gasteiger partial charge in [0.05, 0.1) is 12.6 Å². The fourth-order valence-electron chi connectivity index (χ4n) is 3.44. The van der Waals surface area contributed by atoms with Gasteiger partial charge < -0.3 is 15.6 Å². The molecule has 2 heterocycles. The van der Waals surface area contributed by atoms with E-state index in [1.165, 1.54) is 16.7 Å². The van der Waals surface area contributed by atoms with Crippen molar-refractivity contribution >= 4 is 5.82 Å². The van der Waals surface area contributed by atoms with Crippen molar-refractivity contribution in [3.63, 3.8) is 0 Å². The van der Waals surface area contributed by atoms with E-state index in [1.54, 1.807) is 0 Å². The van der Waals surface area contributed by atoms with Gasteiger partial charge in [0.1, 0.15) is 17.3 Å². The van der Waals surface area contributed by atoms with Crippen molar-refractivity contribution in [1.82, 2.24) is 14.9 Å². The first-order valence-electron chi connectivity index (χ1n) is 8.34. The van der Waals surface area contributed by atoms with E-state index in [4.69, 9.17) is 10.7 Å². The number of nitrogens with one attached hydrogen (secondary N) is 1. The van der Waals surface area contributed by atoms with Crippen LogP contribution in [0.5, 0.6) is 0 Å². The number of fused-ring (bicyclic) bond motifs is 1. The number of aryl methyl sites for hydroxylation is 2. The summed E-state index contributed by atoms with van der Waals surface area (Å²) in [4.78, 5) is 4.83. The number of benzene rings is 2. The zero-order valence-corrected chi connectivity index (χ0v) is 14.1. The third-order valence-electron chi connectivity index (χ3n) is 4.71. The molecule has 0 amide bonds. The van der Waals surface area contributed by atoms with Crippen LogP contribution in [0.15, 0.2) is 48.5 Å². The van der Waals surface area contributed by atoms with Crippen LogP contribution in [0.25, 0.3) is 11.3 Å². The molecule has 2 aromatic carbocycles. The fourth-order valence-corrected chi connectivity index (χ4v) is 3.44. The second kappa shape index (κ2) is 5.80. The number of nitrogen functional groups attached to an aromatic ring is 1. The summed E-state index contributed by atoms with van der Waals surface area (Å²) in [7, 11) is 0. The number of imidazole rings is 1. The number of nitrogens with zero attached hydrogens (tertiary/aromatic N) is 2. The standard InChI is InChI=1S/C20H22N4/c1-13-6-8-15(9-7-13)17-11-22-12-18-23-19(20(21)24(17)18)16-5-3-4-14(2)10-16/h3-10,17,22H,11-12,21H2,1-2H3. The Labute approximate surface area is 142 Å². The molecule has 1 aromatic heterocycles. The van der Waals surface area contributed by atoms with Gasteiger partial charge in [-0.1, -0.05) is 53.6 Å². The van der Waals surface area contributed by atoms with Crippen molar-refractivity contribution in [1.29, 1.82) is 0 Å². The molecule has 1 atom stereocenters. The number of hydrogen-bond acceptors (Lipinski definition) is 3. The number of rotatable bonds is 2. The molecule has 0 bridgehead atoms. The van der Waals surface area contributed by atoms with Crippen LogP contribution < -0.4 is 11.1 Å². The normalized spacial score (nSPS) is 16.8. The van der Waals surface area contributed by atoms with Crippen LogP contribution in [0.1, 0.15) is 28.6 Å². The molecule has 0 saturated carbocycles. The van der Waals surface area contributed by atoms with Gasteiger partial charge in [-0.2, -0.15) is 0 Å². The van der Waals surface area contributed by atoms with Crippen molar-refractivity contribution in [3.8, 4) is 11.3 Å². The quantitative estimate of drug-likeness (QED) is 0.761. The maximum absolute atomic E-state index is 6.54. The van der Waals surface area contributed by atoms with E-state index >= 15 is 0 Å². The van der Waals surface area contributed by atoms with Crippen LogP contribution in [0.4, 0.5) is 5.82 Å². The van der Waals surface area contributed by atoms with Crippen molar-refractivity contribution in [2.24, 2.45) is 0 Å². The maximum atomic E-state index is 6.54. The van der Waals surface area contributed by atoms with Gasteiger partial charge in [-0.25, -0.2) is 4.98 Å². The highest BCUT2D eigenvalue weighted by Gasteiger charge is 2.26. The lowest BCUT2D eigenvalue weighted by atomic mass is 10.0. The minimum atomic E-state index is 0.181. The molecule has 0 saturated heterocycles. The molecular weight excluding hydrogens is 296 g/mol. The Morgan fingerprint density at radius 2 is 1.88 bits per heavy atom. The fraction of sp³-hybridized carbons (Fsp3) is 0.250. The number of nitrogens with two attached hydrogens (primary N) is 1. The van der Waals surface area contributed by atoms with E-state index in [0.717, 1.165) is 36.0 Å². The van der Waals surface area contributed by atoms with Gasteiger partial charge in [-0.15, -0.1) is 0 Å². The Morgan fingerprint density at radius 1 is 1.08 bits per heavy atom. The Hall–Kier alpha value is -2.59. The molecule has 4 nitrogen and oxygen atoms in total. The predicted octanol–water partition coefficient (Wildman–Crippen LogP) is 3.44. The van der Waals surface area contributed by atoms with Crippen LogP contribution in [-0.2, 0) is 6.54 Å². The first-order chi connectivity index (χ1) is 11.6. The highest BCUT2D eigenvalue weighted by molar-refractivity contribution is 5.72. The average Bonchev–Trinajstić information content (AvgIpc) is 2.93. The lowest BCUT2D eigenvalue weighted by Gasteiger charge is -2.27. The van der Waals surface area contributed by atoms with E-state index in [2.05, 4.69) is 72.3 Å². The molecule has 122 valence electrons. The van der Waals surface area contributed by atoms with Crippen molar-refractivity contribution in [2.75, 3.05) is 12.3 Å². The molecule has 0 fully saturated rings. The van der Waals surface area contributed by atoms with E-state index in [1.807, 2.05) is 0 Å². The van der Waals surface area contributed by atoms with E-state index in [-0.39, 0.29) is 6.04 Å². The minimum Gasteiger partial charge on any atom is -0.383 e. The van der Waals surface area contributed by atoms with Crippen LogP contribution in [0.3, 0.4) is 0 Å². The molecule has 0 radical (unpaired) electrons. The third kappa shape index (κ3) is 2.49. The summed E-state index contributed by atoms with van der Waals surface area (Å²) < 4.78 is 2.19. The lowest BCUT2D eigenvalue weighted by Crippen LogP contribution is -2.34. The molecule has 24 heavy (non-hydrogen) atoms. The first kappa shape index (κ1) is 15.0. The Morgan fingerprint density at radius 3 is 2.62 bits per heavy atom. The van der Waals surface area contributed by atoms with Crippen LogP contribution in [0, 0.1) is 13.8 Å². The summed E-state index contributed by atoms with van der Waals surface area (Å²) >= 11 is 0. The lowest BCUT2D eigenvalue weighted by molar-refractivity contribution is 0.448. The molecule has 4 heteroatoms. The molecular formula is C20H22N4. The molecule has 1 aliphatic rings. The largest absolute Gasteiger partial charge is 0.383 e. The number of aromatic nitrogens is 2. The Balaban J connectivity index is 1.82. The van der Waals surface area contributed by atoms with Crippen LogP contribution in [-0.4, -0.2) is 16.1 Å². The average molecular weight is 318 g/mol. The topological polar surface area (TPSA) is 55.9 Å². The second-order valence-electron chi connectivity index (χ2n) is 6.56. The third-order valence-corrected chi connectivity index (χ3v) is 4.71. The predicted molar refractivity (Wildman–Crippen MR) is 97.8 cm³/mol. The van der Waals surface area contributed by atoms with Crippen molar-refractivity contribution in [3.05, 3.63) is 71.0 Å². The van der Waals surface area contributed by atoms with Gasteiger partial charge in [-0.3, -0.25) is 0 Å². The monoisotopic (exact) mass is 318 g/mol. The number of hydrogen-bond donors (Lipinski definition) is 2. The molecule has 4 rings (SSSR count). The van der Waals surface area contributed by atoms with Crippen LogP contribution >= 0.6 is 0 Å². The highest BCUT2D eigenvalue weighted by atomic mass is 15.2. The maximum Gasteiger partial charge on any atom is 0.132 e. The summed E-state index contributed by atoms with van der Waals surface area (Å²) in [6.07, 6.45) is 0. The summed E-state index contributed by atoms with van der Waals surface area (Å²) in [5.41, 5.74) is 12.2. The molecule has 1 aliphatic heterocycles. The highest BCUT2D eigenvalue weighted by Crippen LogP contribution is 2.33. The molecule has 3 aromatic rings. The number of anilines is 1. The van der Waals surface area contributed by atoms with E-state index in [9.17, 15) is 0 Å². The molecule has 0 aliphatic carbocycles. The van der Waals surface area contributed by atoms with Crippen LogP contribution in [0.2, 0.25) is 0 Å². The summed E-state index contributed by atoms with van der Waals surface area (Å²) in [6.45, 7) is 5.81. The van der Waals surface area contributed by atoms with Gasteiger partial charge >= 0.3 is 0 Å². The van der Waals surface area contributed by atoms with Crippen molar-refractivity contribution in [2.45, 2.75) is 26.4 Å². The Bertz CT molecular complexity index is 877. The molecule has 0 spiro atoms. The Kier molecular flexibility index (Phi) is 3.62. The van der Waals surface area contributed by atoms with Gasteiger partial charge in [0, 0.05) is 12.1 Å². The minimum absolute atomic E-state index is 0.181. The van der Waals surface area contributed by atoms with Gasteiger partial charge in [0.15, 0.2) is 0 Å². The van der Waals surface area contributed by atoms with E-state index < -0.39 is 0 Å². The van der Waals surface area contributed by atoms with Gasteiger partial charge in [0.2, 0.25) is 0 Å². The summed E-state index contributed by atoms with van der Waals surface area (Å²) in [5, 5.41) is 3.47. The molecule has 3 N–H and O–H groups in total.